The van der Waals surface area contributed by atoms with Gasteiger partial charge in [-0.2, -0.15) is 0 Å². The van der Waals surface area contributed by atoms with Gasteiger partial charge in [0, 0.05) is 30.8 Å². The molecule has 0 saturated carbocycles. The highest BCUT2D eigenvalue weighted by atomic mass is 35.5. The van der Waals surface area contributed by atoms with Gasteiger partial charge < -0.3 is 9.80 Å². The van der Waals surface area contributed by atoms with Crippen LogP contribution in [0.1, 0.15) is 17.5 Å². The van der Waals surface area contributed by atoms with E-state index >= 15 is 0 Å². The third kappa shape index (κ3) is 2.52. The van der Waals surface area contributed by atoms with Crippen molar-refractivity contribution < 1.29 is 9.59 Å². The van der Waals surface area contributed by atoms with Crippen molar-refractivity contribution >= 4 is 29.1 Å². The number of halogens is 1. The minimum absolute atomic E-state index is 0.0547. The molecule has 1 fully saturated rings. The van der Waals surface area contributed by atoms with Crippen LogP contribution in [-0.2, 0) is 21.4 Å². The summed E-state index contributed by atoms with van der Waals surface area (Å²) in [4.78, 5) is 29.2. The zero-order valence-corrected chi connectivity index (χ0v) is 14.8. The van der Waals surface area contributed by atoms with E-state index in [4.69, 9.17) is 11.6 Å². The Morgan fingerprint density at radius 3 is 2.64 bits per heavy atom. The van der Waals surface area contributed by atoms with Gasteiger partial charge in [0.2, 0.25) is 11.8 Å². The second-order valence-electron chi connectivity index (χ2n) is 6.83. The van der Waals surface area contributed by atoms with Gasteiger partial charge in [0.1, 0.15) is 0 Å². The van der Waals surface area contributed by atoms with Gasteiger partial charge in [-0.3, -0.25) is 9.59 Å². The van der Waals surface area contributed by atoms with Crippen LogP contribution in [-0.4, -0.2) is 36.9 Å². The van der Waals surface area contributed by atoms with E-state index in [1.807, 2.05) is 48.3 Å². The van der Waals surface area contributed by atoms with E-state index in [9.17, 15) is 9.59 Å². The number of anilines is 1. The fraction of sp³-hybridized carbons (Fsp3) is 0.300. The topological polar surface area (TPSA) is 40.6 Å². The van der Waals surface area contributed by atoms with E-state index in [0.29, 0.717) is 31.0 Å². The minimum Gasteiger partial charge on any atom is -0.341 e. The van der Waals surface area contributed by atoms with Gasteiger partial charge in [-0.25, -0.2) is 0 Å². The molecule has 2 aliphatic heterocycles. The molecule has 4 nitrogen and oxygen atoms in total. The second-order valence-corrected chi connectivity index (χ2v) is 7.27. The van der Waals surface area contributed by atoms with Gasteiger partial charge in [-0.05, 0) is 35.7 Å². The SMILES string of the molecule is CN1C(=O)[C@]2(CCN(C(=O)Cc3ccc(Cl)cc3)C2)c2ccccc21. The molecular weight excluding hydrogens is 336 g/mol. The Balaban J connectivity index is 1.56. The van der Waals surface area contributed by atoms with E-state index in [0.717, 1.165) is 16.8 Å². The van der Waals surface area contributed by atoms with E-state index in [2.05, 4.69) is 0 Å². The number of hydrogen-bond acceptors (Lipinski definition) is 2. The van der Waals surface area contributed by atoms with Crippen LogP contribution in [0, 0.1) is 0 Å². The van der Waals surface area contributed by atoms with Gasteiger partial charge in [-0.1, -0.05) is 41.9 Å². The Hall–Kier alpha value is -2.33. The predicted molar refractivity (Wildman–Crippen MR) is 97.9 cm³/mol. The third-order valence-corrected chi connectivity index (χ3v) is 5.64. The molecule has 0 aromatic heterocycles. The lowest BCUT2D eigenvalue weighted by atomic mass is 9.81. The number of benzene rings is 2. The molecule has 1 saturated heterocycles. The maximum atomic E-state index is 12.9. The van der Waals surface area contributed by atoms with Crippen LogP contribution in [0.3, 0.4) is 0 Å². The van der Waals surface area contributed by atoms with Crippen molar-refractivity contribution in [3.63, 3.8) is 0 Å². The number of para-hydroxylation sites is 1. The molecule has 4 rings (SSSR count). The Bertz CT molecular complexity index is 849. The van der Waals surface area contributed by atoms with Gasteiger partial charge in [0.15, 0.2) is 0 Å². The van der Waals surface area contributed by atoms with Crippen LogP contribution in [0.15, 0.2) is 48.5 Å². The average molecular weight is 355 g/mol. The first-order chi connectivity index (χ1) is 12.0. The van der Waals surface area contributed by atoms with E-state index in [1.54, 1.807) is 17.0 Å². The molecule has 5 heteroatoms. The van der Waals surface area contributed by atoms with Gasteiger partial charge in [-0.15, -0.1) is 0 Å². The number of rotatable bonds is 2. The first kappa shape index (κ1) is 16.2. The molecule has 0 unspecified atom stereocenters. The molecule has 2 amide bonds. The monoisotopic (exact) mass is 354 g/mol. The molecule has 0 aliphatic carbocycles. The van der Waals surface area contributed by atoms with E-state index in [-0.39, 0.29) is 11.8 Å². The summed E-state index contributed by atoms with van der Waals surface area (Å²) in [6.07, 6.45) is 1.01. The largest absolute Gasteiger partial charge is 0.341 e. The summed E-state index contributed by atoms with van der Waals surface area (Å²) in [6.45, 7) is 1.07. The molecule has 128 valence electrons. The lowest BCUT2D eigenvalue weighted by Gasteiger charge is -2.23. The molecule has 2 aromatic rings. The molecular formula is C20H19ClN2O2. The third-order valence-electron chi connectivity index (χ3n) is 5.39. The summed E-state index contributed by atoms with van der Waals surface area (Å²) in [6, 6.07) is 15.2. The summed E-state index contributed by atoms with van der Waals surface area (Å²) in [5.41, 5.74) is 2.36. The van der Waals surface area contributed by atoms with Gasteiger partial charge in [0.25, 0.3) is 0 Å². The normalized spacial score (nSPS) is 21.9. The van der Waals surface area contributed by atoms with Crippen LogP contribution in [0.25, 0.3) is 0 Å². The summed E-state index contributed by atoms with van der Waals surface area (Å²) in [5.74, 6) is 0.148. The number of nitrogens with zero attached hydrogens (tertiary/aromatic N) is 2. The zero-order chi connectivity index (χ0) is 17.6. The molecule has 2 aromatic carbocycles. The van der Waals surface area contributed by atoms with Crippen LogP contribution in [0.2, 0.25) is 5.02 Å². The first-order valence-electron chi connectivity index (χ1n) is 8.41. The Kier molecular flexibility index (Phi) is 3.80. The summed E-state index contributed by atoms with van der Waals surface area (Å²) >= 11 is 5.90. The number of likely N-dealkylation sites (N-methyl/N-ethyl adjacent to an activating group) is 1. The Morgan fingerprint density at radius 1 is 1.16 bits per heavy atom. The number of amides is 2. The minimum atomic E-state index is -0.582. The van der Waals surface area contributed by atoms with Crippen molar-refractivity contribution in [3.8, 4) is 0 Å². The Labute approximate surface area is 152 Å². The van der Waals surface area contributed by atoms with Crippen LogP contribution in [0.5, 0.6) is 0 Å². The standard InChI is InChI=1S/C20H19ClN2O2/c1-22-17-5-3-2-4-16(17)20(19(22)25)10-11-23(13-20)18(24)12-14-6-8-15(21)9-7-14/h2-9H,10-13H2,1H3/t20-/m0/s1. The zero-order valence-electron chi connectivity index (χ0n) is 14.0. The van der Waals surface area contributed by atoms with Crippen molar-refractivity contribution in [2.24, 2.45) is 0 Å². The second kappa shape index (κ2) is 5.88. The highest BCUT2D eigenvalue weighted by Gasteiger charge is 2.53. The summed E-state index contributed by atoms with van der Waals surface area (Å²) in [7, 11) is 1.81. The highest BCUT2D eigenvalue weighted by Crippen LogP contribution is 2.46. The van der Waals surface area contributed by atoms with Gasteiger partial charge >= 0.3 is 0 Å². The number of carbonyl (C=O) groups excluding carboxylic acids is 2. The number of likely N-dealkylation sites (tertiary alicyclic amines) is 1. The molecule has 0 bridgehead atoms. The smallest absolute Gasteiger partial charge is 0.239 e. The Morgan fingerprint density at radius 2 is 1.88 bits per heavy atom. The quantitative estimate of drug-likeness (QED) is 0.831. The van der Waals surface area contributed by atoms with Crippen molar-refractivity contribution in [3.05, 3.63) is 64.7 Å². The van der Waals surface area contributed by atoms with Crippen LogP contribution >= 0.6 is 11.6 Å². The molecule has 0 N–H and O–H groups in total. The number of hydrogen-bond donors (Lipinski definition) is 0. The van der Waals surface area contributed by atoms with Crippen LogP contribution < -0.4 is 4.90 Å². The fourth-order valence-electron chi connectivity index (χ4n) is 4.02. The fourth-order valence-corrected chi connectivity index (χ4v) is 4.15. The molecule has 0 radical (unpaired) electrons. The predicted octanol–water partition coefficient (Wildman–Crippen LogP) is 3.03. The summed E-state index contributed by atoms with van der Waals surface area (Å²) in [5, 5.41) is 0.660. The molecule has 25 heavy (non-hydrogen) atoms. The average Bonchev–Trinajstić information content (AvgIpc) is 3.16. The lowest BCUT2D eigenvalue weighted by molar-refractivity contribution is -0.130. The number of carbonyl (C=O) groups is 2. The number of fused-ring (bicyclic) bond motifs is 2. The maximum absolute atomic E-state index is 12.9. The van der Waals surface area contributed by atoms with Gasteiger partial charge in [0.05, 0.1) is 11.8 Å². The molecule has 2 aliphatic rings. The van der Waals surface area contributed by atoms with Crippen LogP contribution in [0.4, 0.5) is 5.69 Å². The van der Waals surface area contributed by atoms with Crippen molar-refractivity contribution in [1.82, 2.24) is 4.90 Å². The summed E-state index contributed by atoms with van der Waals surface area (Å²) < 4.78 is 0. The molecule has 2 heterocycles. The van der Waals surface area contributed by atoms with E-state index in [1.165, 1.54) is 0 Å². The van der Waals surface area contributed by atoms with Crippen molar-refractivity contribution in [2.75, 3.05) is 25.0 Å². The van der Waals surface area contributed by atoms with Crippen molar-refractivity contribution in [1.29, 1.82) is 0 Å². The maximum Gasteiger partial charge on any atom is 0.239 e. The highest BCUT2D eigenvalue weighted by molar-refractivity contribution is 6.30. The lowest BCUT2D eigenvalue weighted by Crippen LogP contribution is -2.42. The molecule has 1 atom stereocenters. The van der Waals surface area contributed by atoms with E-state index < -0.39 is 5.41 Å². The molecule has 1 spiro atoms. The first-order valence-corrected chi connectivity index (χ1v) is 8.79. The van der Waals surface area contributed by atoms with Crippen molar-refractivity contribution in [2.45, 2.75) is 18.3 Å².